The largest absolute Gasteiger partial charge is 0.314 e. The van der Waals surface area contributed by atoms with Gasteiger partial charge in [0.1, 0.15) is 0 Å². The average molecular weight is 254 g/mol. The first-order chi connectivity index (χ1) is 8.81. The maximum Gasteiger partial charge on any atom is 0.0119 e. The first-order valence-electron chi connectivity index (χ1n) is 8.27. The summed E-state index contributed by atoms with van der Waals surface area (Å²) in [5, 5.41) is 3.66. The van der Waals surface area contributed by atoms with Crippen LogP contribution in [0.5, 0.6) is 0 Å². The van der Waals surface area contributed by atoms with E-state index < -0.39 is 0 Å². The number of nitrogens with zero attached hydrogens (tertiary/aromatic N) is 1. The number of hydrogen-bond acceptors (Lipinski definition) is 2. The van der Waals surface area contributed by atoms with Gasteiger partial charge in [-0.1, -0.05) is 52.9 Å². The van der Waals surface area contributed by atoms with Crippen molar-refractivity contribution in [1.82, 2.24) is 10.2 Å². The second-order valence-electron chi connectivity index (χ2n) is 5.84. The van der Waals surface area contributed by atoms with E-state index in [0.717, 1.165) is 18.5 Å². The molecule has 2 heteroatoms. The fourth-order valence-corrected chi connectivity index (χ4v) is 3.19. The predicted octanol–water partition coefficient (Wildman–Crippen LogP) is 3.67. The molecule has 0 bridgehead atoms. The number of nitrogens with one attached hydrogen (secondary N) is 1. The summed E-state index contributed by atoms with van der Waals surface area (Å²) in [6.45, 7) is 11.9. The van der Waals surface area contributed by atoms with Gasteiger partial charge in [-0.15, -0.1) is 0 Å². The number of rotatable bonds is 9. The van der Waals surface area contributed by atoms with E-state index >= 15 is 0 Å². The lowest BCUT2D eigenvalue weighted by Gasteiger charge is -2.38. The van der Waals surface area contributed by atoms with Crippen LogP contribution in [0.25, 0.3) is 0 Å². The average Bonchev–Trinajstić information content (AvgIpc) is 2.40. The van der Waals surface area contributed by atoms with Crippen molar-refractivity contribution in [3.8, 4) is 0 Å². The van der Waals surface area contributed by atoms with E-state index in [1.54, 1.807) is 0 Å². The second kappa shape index (κ2) is 9.80. The minimum atomic E-state index is 0.774. The lowest BCUT2D eigenvalue weighted by atomic mass is 9.89. The summed E-state index contributed by atoms with van der Waals surface area (Å²) in [4.78, 5) is 2.70. The quantitative estimate of drug-likeness (QED) is 0.632. The third kappa shape index (κ3) is 5.71. The van der Waals surface area contributed by atoms with Crippen molar-refractivity contribution in [3.05, 3.63) is 0 Å². The van der Waals surface area contributed by atoms with Gasteiger partial charge < -0.3 is 10.2 Å². The van der Waals surface area contributed by atoms with Gasteiger partial charge in [-0.3, -0.25) is 0 Å². The van der Waals surface area contributed by atoms with E-state index in [9.17, 15) is 0 Å². The molecule has 18 heavy (non-hydrogen) atoms. The lowest BCUT2D eigenvalue weighted by molar-refractivity contribution is 0.133. The fraction of sp³-hybridized carbons (Fsp3) is 1.00. The molecule has 1 saturated heterocycles. The Labute approximate surface area is 115 Å². The molecular weight excluding hydrogens is 220 g/mol. The van der Waals surface area contributed by atoms with Crippen LogP contribution in [0.1, 0.15) is 65.7 Å². The first-order valence-corrected chi connectivity index (χ1v) is 8.27. The first kappa shape index (κ1) is 16.0. The van der Waals surface area contributed by atoms with Crippen LogP contribution >= 0.6 is 0 Å². The van der Waals surface area contributed by atoms with Crippen molar-refractivity contribution >= 4 is 0 Å². The Morgan fingerprint density at radius 2 is 1.83 bits per heavy atom. The molecule has 2 atom stereocenters. The Hall–Kier alpha value is -0.0800. The summed E-state index contributed by atoms with van der Waals surface area (Å²) in [7, 11) is 0. The minimum absolute atomic E-state index is 0.774. The molecule has 0 saturated carbocycles. The van der Waals surface area contributed by atoms with Crippen LogP contribution in [0.4, 0.5) is 0 Å². The van der Waals surface area contributed by atoms with Gasteiger partial charge in [-0.05, 0) is 38.4 Å². The molecule has 2 nitrogen and oxygen atoms in total. The maximum absolute atomic E-state index is 3.66. The number of hydrogen-bond donors (Lipinski definition) is 1. The fourth-order valence-electron chi connectivity index (χ4n) is 3.19. The van der Waals surface area contributed by atoms with Crippen LogP contribution in [-0.4, -0.2) is 37.1 Å². The summed E-state index contributed by atoms with van der Waals surface area (Å²) in [6, 6.07) is 0.774. The van der Waals surface area contributed by atoms with E-state index in [0.29, 0.717) is 0 Å². The van der Waals surface area contributed by atoms with E-state index in [1.807, 2.05) is 0 Å². The molecule has 0 aliphatic carbocycles. The molecule has 1 aliphatic heterocycles. The molecule has 0 amide bonds. The highest BCUT2D eigenvalue weighted by Crippen LogP contribution is 2.20. The smallest absolute Gasteiger partial charge is 0.0119 e. The Morgan fingerprint density at radius 1 is 1.06 bits per heavy atom. The van der Waals surface area contributed by atoms with Gasteiger partial charge in [0.2, 0.25) is 0 Å². The minimum Gasteiger partial charge on any atom is -0.314 e. The highest BCUT2D eigenvalue weighted by molar-refractivity contribution is 4.84. The number of unbranched alkanes of at least 4 members (excludes halogenated alkanes) is 4. The van der Waals surface area contributed by atoms with Gasteiger partial charge in [0.05, 0.1) is 0 Å². The van der Waals surface area contributed by atoms with E-state index in [1.165, 1.54) is 64.6 Å². The molecule has 1 aliphatic rings. The van der Waals surface area contributed by atoms with Crippen molar-refractivity contribution < 1.29 is 0 Å². The Kier molecular flexibility index (Phi) is 8.70. The molecule has 0 aromatic rings. The highest BCUT2D eigenvalue weighted by Gasteiger charge is 2.26. The van der Waals surface area contributed by atoms with Gasteiger partial charge in [0.15, 0.2) is 0 Å². The SMILES string of the molecule is CCCCCCCN1CCC(NCC)C(CC)C1. The lowest BCUT2D eigenvalue weighted by Crippen LogP contribution is -2.49. The number of likely N-dealkylation sites (tertiary alicyclic amines) is 1. The van der Waals surface area contributed by atoms with Crippen molar-refractivity contribution in [2.24, 2.45) is 5.92 Å². The summed E-state index contributed by atoms with van der Waals surface area (Å²) < 4.78 is 0. The zero-order valence-corrected chi connectivity index (χ0v) is 12.9. The monoisotopic (exact) mass is 254 g/mol. The summed E-state index contributed by atoms with van der Waals surface area (Å²) in [5.74, 6) is 0.870. The maximum atomic E-state index is 3.66. The molecule has 0 spiro atoms. The van der Waals surface area contributed by atoms with Gasteiger partial charge in [0.25, 0.3) is 0 Å². The van der Waals surface area contributed by atoms with Gasteiger partial charge in [-0.2, -0.15) is 0 Å². The normalized spacial score (nSPS) is 25.5. The Balaban J connectivity index is 2.17. The molecular formula is C16H34N2. The van der Waals surface area contributed by atoms with E-state index in [4.69, 9.17) is 0 Å². The summed E-state index contributed by atoms with van der Waals surface area (Å²) >= 11 is 0. The molecule has 0 aromatic heterocycles. The van der Waals surface area contributed by atoms with Crippen molar-refractivity contribution in [1.29, 1.82) is 0 Å². The van der Waals surface area contributed by atoms with Crippen LogP contribution < -0.4 is 5.32 Å². The third-order valence-corrected chi connectivity index (χ3v) is 4.39. The molecule has 1 heterocycles. The van der Waals surface area contributed by atoms with E-state index in [-0.39, 0.29) is 0 Å². The van der Waals surface area contributed by atoms with Crippen LogP contribution in [-0.2, 0) is 0 Å². The third-order valence-electron chi connectivity index (χ3n) is 4.39. The van der Waals surface area contributed by atoms with Crippen LogP contribution in [0, 0.1) is 5.92 Å². The zero-order valence-electron chi connectivity index (χ0n) is 12.9. The van der Waals surface area contributed by atoms with Crippen LogP contribution in [0.3, 0.4) is 0 Å². The van der Waals surface area contributed by atoms with E-state index in [2.05, 4.69) is 31.0 Å². The van der Waals surface area contributed by atoms with Crippen molar-refractivity contribution in [3.63, 3.8) is 0 Å². The number of piperidine rings is 1. The zero-order chi connectivity index (χ0) is 13.2. The Morgan fingerprint density at radius 3 is 2.50 bits per heavy atom. The molecule has 1 N–H and O–H groups in total. The van der Waals surface area contributed by atoms with Gasteiger partial charge in [0, 0.05) is 12.6 Å². The molecule has 108 valence electrons. The van der Waals surface area contributed by atoms with Crippen LogP contribution in [0.2, 0.25) is 0 Å². The van der Waals surface area contributed by atoms with Crippen LogP contribution in [0.15, 0.2) is 0 Å². The van der Waals surface area contributed by atoms with Gasteiger partial charge >= 0.3 is 0 Å². The standard InChI is InChI=1S/C16H34N2/c1-4-7-8-9-10-12-18-13-11-16(17-6-3)15(5-2)14-18/h15-17H,4-14H2,1-3H3. The van der Waals surface area contributed by atoms with Gasteiger partial charge in [-0.25, -0.2) is 0 Å². The van der Waals surface area contributed by atoms with Crippen molar-refractivity contribution in [2.75, 3.05) is 26.2 Å². The van der Waals surface area contributed by atoms with Crippen molar-refractivity contribution in [2.45, 2.75) is 71.8 Å². The predicted molar refractivity (Wildman–Crippen MR) is 81.1 cm³/mol. The molecule has 0 aromatic carbocycles. The Bertz CT molecular complexity index is 194. The second-order valence-corrected chi connectivity index (χ2v) is 5.84. The molecule has 1 rings (SSSR count). The molecule has 0 radical (unpaired) electrons. The summed E-state index contributed by atoms with van der Waals surface area (Å²) in [6.07, 6.45) is 9.71. The molecule has 2 unspecified atom stereocenters. The summed E-state index contributed by atoms with van der Waals surface area (Å²) in [5.41, 5.74) is 0. The molecule has 1 fully saturated rings. The topological polar surface area (TPSA) is 15.3 Å². The highest BCUT2D eigenvalue weighted by atomic mass is 15.1.